The number of aryl methyl sites for hydroxylation is 3. The first kappa shape index (κ1) is 20.5. The second-order valence-electron chi connectivity index (χ2n) is 8.57. The van der Waals surface area contributed by atoms with Crippen molar-refractivity contribution in [3.05, 3.63) is 65.5 Å². The molecule has 0 atom stereocenters. The van der Waals surface area contributed by atoms with Crippen molar-refractivity contribution in [1.29, 1.82) is 0 Å². The Balaban J connectivity index is 1.22. The SMILES string of the molecule is Cc1cc2ncn(CC3CCN(C(=O)NCCCc4ccccc4)CC3)c2cc1C. The number of hydrogen-bond donors (Lipinski definition) is 1. The van der Waals surface area contributed by atoms with E-state index in [1.807, 2.05) is 17.3 Å². The van der Waals surface area contributed by atoms with E-state index in [-0.39, 0.29) is 6.03 Å². The lowest BCUT2D eigenvalue weighted by atomic mass is 9.97. The second kappa shape index (κ2) is 9.33. The number of amides is 2. The van der Waals surface area contributed by atoms with Gasteiger partial charge in [0.2, 0.25) is 0 Å². The highest BCUT2D eigenvalue weighted by atomic mass is 16.2. The quantitative estimate of drug-likeness (QED) is 0.605. The fraction of sp³-hybridized carbons (Fsp3) is 0.440. The topological polar surface area (TPSA) is 50.2 Å². The average Bonchev–Trinajstić information content (AvgIpc) is 3.14. The number of nitrogens with zero attached hydrogens (tertiary/aromatic N) is 3. The molecule has 0 spiro atoms. The number of likely N-dealkylation sites (tertiary alicyclic amines) is 1. The van der Waals surface area contributed by atoms with Gasteiger partial charge in [-0.05, 0) is 74.3 Å². The van der Waals surface area contributed by atoms with Crippen LogP contribution in [0.1, 0.15) is 36.0 Å². The van der Waals surface area contributed by atoms with Gasteiger partial charge in [0.15, 0.2) is 0 Å². The standard InChI is InChI=1S/C25H32N4O/c1-19-15-23-24(16-20(19)2)29(18-27-23)17-22-10-13-28(14-11-22)25(30)26-12-6-9-21-7-4-3-5-8-21/h3-5,7-8,15-16,18,22H,6,9-14,17H2,1-2H3,(H,26,30). The number of benzene rings is 2. The average molecular weight is 405 g/mol. The third kappa shape index (κ3) is 4.84. The molecule has 1 fully saturated rings. The Labute approximate surface area is 179 Å². The molecule has 4 rings (SSSR count). The molecule has 2 aromatic carbocycles. The molecule has 5 heteroatoms. The summed E-state index contributed by atoms with van der Waals surface area (Å²) in [6.07, 6.45) is 6.03. The molecule has 1 saturated heterocycles. The molecule has 0 bridgehead atoms. The number of fused-ring (bicyclic) bond motifs is 1. The van der Waals surface area contributed by atoms with E-state index in [2.05, 4.69) is 65.1 Å². The van der Waals surface area contributed by atoms with Crippen LogP contribution in [-0.2, 0) is 13.0 Å². The molecular formula is C25H32N4O. The van der Waals surface area contributed by atoms with Gasteiger partial charge in [0.05, 0.1) is 17.4 Å². The Morgan fingerprint density at radius 2 is 1.83 bits per heavy atom. The van der Waals surface area contributed by atoms with E-state index in [0.717, 1.165) is 57.4 Å². The van der Waals surface area contributed by atoms with Crippen molar-refractivity contribution in [2.75, 3.05) is 19.6 Å². The van der Waals surface area contributed by atoms with Crippen molar-refractivity contribution >= 4 is 17.1 Å². The Bertz CT molecular complexity index is 987. The third-order valence-electron chi connectivity index (χ3n) is 6.35. The summed E-state index contributed by atoms with van der Waals surface area (Å²) >= 11 is 0. The molecule has 158 valence electrons. The minimum atomic E-state index is 0.0840. The zero-order chi connectivity index (χ0) is 20.9. The molecule has 0 aliphatic carbocycles. The van der Waals surface area contributed by atoms with E-state index in [9.17, 15) is 4.79 Å². The maximum atomic E-state index is 12.5. The smallest absolute Gasteiger partial charge is 0.317 e. The molecule has 2 heterocycles. The van der Waals surface area contributed by atoms with Gasteiger partial charge in [0.25, 0.3) is 0 Å². The highest BCUT2D eigenvalue weighted by Gasteiger charge is 2.23. The van der Waals surface area contributed by atoms with Gasteiger partial charge in [0, 0.05) is 26.2 Å². The number of nitrogens with one attached hydrogen (secondary N) is 1. The molecular weight excluding hydrogens is 372 g/mol. The predicted molar refractivity (Wildman–Crippen MR) is 122 cm³/mol. The normalized spacial score (nSPS) is 14.9. The molecule has 5 nitrogen and oxygen atoms in total. The number of aromatic nitrogens is 2. The Hall–Kier alpha value is -2.82. The first-order valence-corrected chi connectivity index (χ1v) is 11.1. The number of hydrogen-bond acceptors (Lipinski definition) is 2. The van der Waals surface area contributed by atoms with Crippen molar-refractivity contribution in [3.63, 3.8) is 0 Å². The van der Waals surface area contributed by atoms with E-state index >= 15 is 0 Å². The van der Waals surface area contributed by atoms with Crippen LogP contribution < -0.4 is 5.32 Å². The largest absolute Gasteiger partial charge is 0.338 e. The van der Waals surface area contributed by atoms with Gasteiger partial charge in [-0.1, -0.05) is 30.3 Å². The lowest BCUT2D eigenvalue weighted by Gasteiger charge is -2.32. The molecule has 2 amide bonds. The predicted octanol–water partition coefficient (Wildman–Crippen LogP) is 4.71. The summed E-state index contributed by atoms with van der Waals surface area (Å²) in [4.78, 5) is 19.0. The fourth-order valence-corrected chi connectivity index (χ4v) is 4.30. The summed E-state index contributed by atoms with van der Waals surface area (Å²) in [6.45, 7) is 7.66. The van der Waals surface area contributed by atoms with Gasteiger partial charge in [0.1, 0.15) is 0 Å². The molecule has 1 aliphatic rings. The van der Waals surface area contributed by atoms with E-state index in [1.165, 1.54) is 22.2 Å². The zero-order valence-corrected chi connectivity index (χ0v) is 18.1. The lowest BCUT2D eigenvalue weighted by Crippen LogP contribution is -2.45. The Morgan fingerprint density at radius 1 is 1.10 bits per heavy atom. The molecule has 0 radical (unpaired) electrons. The lowest BCUT2D eigenvalue weighted by molar-refractivity contribution is 0.166. The summed E-state index contributed by atoms with van der Waals surface area (Å²) < 4.78 is 2.28. The van der Waals surface area contributed by atoms with Crippen LogP contribution in [0, 0.1) is 19.8 Å². The van der Waals surface area contributed by atoms with Crippen LogP contribution in [0.3, 0.4) is 0 Å². The fourth-order valence-electron chi connectivity index (χ4n) is 4.30. The van der Waals surface area contributed by atoms with Crippen LogP contribution >= 0.6 is 0 Å². The van der Waals surface area contributed by atoms with Gasteiger partial charge in [-0.2, -0.15) is 0 Å². The number of urea groups is 1. The van der Waals surface area contributed by atoms with Crippen molar-refractivity contribution in [3.8, 4) is 0 Å². The van der Waals surface area contributed by atoms with Crippen molar-refractivity contribution < 1.29 is 4.79 Å². The van der Waals surface area contributed by atoms with Crippen LogP contribution in [0.25, 0.3) is 11.0 Å². The Morgan fingerprint density at radius 3 is 2.60 bits per heavy atom. The summed E-state index contributed by atoms with van der Waals surface area (Å²) in [5, 5.41) is 3.09. The van der Waals surface area contributed by atoms with Crippen LogP contribution in [-0.4, -0.2) is 40.1 Å². The summed E-state index contributed by atoms with van der Waals surface area (Å²) in [7, 11) is 0. The number of imidazole rings is 1. The summed E-state index contributed by atoms with van der Waals surface area (Å²) in [5.41, 5.74) is 6.21. The molecule has 3 aromatic rings. The molecule has 1 aromatic heterocycles. The number of piperidine rings is 1. The molecule has 0 unspecified atom stereocenters. The van der Waals surface area contributed by atoms with E-state index in [0.29, 0.717) is 5.92 Å². The third-order valence-corrected chi connectivity index (χ3v) is 6.35. The van der Waals surface area contributed by atoms with Gasteiger partial charge in [-0.3, -0.25) is 0 Å². The van der Waals surface area contributed by atoms with Crippen LogP contribution in [0.2, 0.25) is 0 Å². The molecule has 0 saturated carbocycles. The van der Waals surface area contributed by atoms with Crippen LogP contribution in [0.4, 0.5) is 4.79 Å². The number of carbonyl (C=O) groups excluding carboxylic acids is 1. The maximum absolute atomic E-state index is 12.5. The van der Waals surface area contributed by atoms with E-state index < -0.39 is 0 Å². The summed E-state index contributed by atoms with van der Waals surface area (Å²) in [5.74, 6) is 0.589. The zero-order valence-electron chi connectivity index (χ0n) is 18.1. The van der Waals surface area contributed by atoms with Crippen molar-refractivity contribution in [2.24, 2.45) is 5.92 Å². The van der Waals surface area contributed by atoms with Gasteiger partial charge < -0.3 is 14.8 Å². The molecule has 1 aliphatic heterocycles. The van der Waals surface area contributed by atoms with Crippen LogP contribution in [0.5, 0.6) is 0 Å². The summed E-state index contributed by atoms with van der Waals surface area (Å²) in [6, 6.07) is 14.9. The van der Waals surface area contributed by atoms with Gasteiger partial charge in [-0.25, -0.2) is 9.78 Å². The first-order valence-electron chi connectivity index (χ1n) is 11.1. The van der Waals surface area contributed by atoms with E-state index in [1.54, 1.807) is 0 Å². The minimum Gasteiger partial charge on any atom is -0.338 e. The molecule has 1 N–H and O–H groups in total. The second-order valence-corrected chi connectivity index (χ2v) is 8.57. The maximum Gasteiger partial charge on any atom is 0.317 e. The van der Waals surface area contributed by atoms with Gasteiger partial charge >= 0.3 is 6.03 Å². The van der Waals surface area contributed by atoms with Crippen molar-refractivity contribution in [1.82, 2.24) is 19.8 Å². The number of carbonyl (C=O) groups is 1. The highest BCUT2D eigenvalue weighted by Crippen LogP contribution is 2.23. The van der Waals surface area contributed by atoms with Crippen LogP contribution in [0.15, 0.2) is 48.8 Å². The first-order chi connectivity index (χ1) is 14.6. The highest BCUT2D eigenvalue weighted by molar-refractivity contribution is 5.77. The Kier molecular flexibility index (Phi) is 6.36. The van der Waals surface area contributed by atoms with Gasteiger partial charge in [-0.15, -0.1) is 0 Å². The minimum absolute atomic E-state index is 0.0840. The number of rotatable bonds is 6. The van der Waals surface area contributed by atoms with E-state index in [4.69, 9.17) is 0 Å². The molecule has 30 heavy (non-hydrogen) atoms. The van der Waals surface area contributed by atoms with Crippen molar-refractivity contribution in [2.45, 2.75) is 46.1 Å². The monoisotopic (exact) mass is 404 g/mol.